The van der Waals surface area contributed by atoms with Crippen molar-refractivity contribution in [2.24, 2.45) is 0 Å². The fourth-order valence-electron chi connectivity index (χ4n) is 3.85. The molecule has 174 valence electrons. The van der Waals surface area contributed by atoms with Crippen molar-refractivity contribution in [3.05, 3.63) is 47.4 Å². The number of hydrogen-bond donors (Lipinski definition) is 0. The molecular formula is C23H25FN4O5. The van der Waals surface area contributed by atoms with Crippen molar-refractivity contribution in [3.63, 3.8) is 0 Å². The number of carbonyl (C=O) groups is 3. The van der Waals surface area contributed by atoms with Crippen molar-refractivity contribution in [1.29, 1.82) is 0 Å². The Kier molecular flexibility index (Phi) is 6.17. The first-order chi connectivity index (χ1) is 15.8. The molecule has 0 unspecified atom stereocenters. The number of hydrogen-bond acceptors (Lipinski definition) is 6. The monoisotopic (exact) mass is 456 g/mol. The Labute approximate surface area is 190 Å². The number of anilines is 1. The van der Waals surface area contributed by atoms with Gasteiger partial charge in [-0.2, -0.15) is 0 Å². The van der Waals surface area contributed by atoms with Crippen LogP contribution in [0.15, 0.2) is 30.5 Å². The Morgan fingerprint density at radius 3 is 2.73 bits per heavy atom. The van der Waals surface area contributed by atoms with Crippen LogP contribution in [0.3, 0.4) is 0 Å². The van der Waals surface area contributed by atoms with Crippen molar-refractivity contribution in [1.82, 2.24) is 14.8 Å². The minimum Gasteiger partial charge on any atom is -0.479 e. The van der Waals surface area contributed by atoms with E-state index < -0.39 is 17.8 Å². The highest BCUT2D eigenvalue weighted by atomic mass is 19.1. The third kappa shape index (κ3) is 4.46. The predicted octanol–water partition coefficient (Wildman–Crippen LogP) is 1.85. The van der Waals surface area contributed by atoms with Crippen LogP contribution in [0.2, 0.25) is 0 Å². The number of likely N-dealkylation sites (N-methyl/N-ethyl adjacent to an activating group) is 1. The third-order valence-electron chi connectivity index (χ3n) is 5.62. The van der Waals surface area contributed by atoms with Gasteiger partial charge in [-0.05, 0) is 25.1 Å². The van der Waals surface area contributed by atoms with Crippen LogP contribution in [0.5, 0.6) is 11.6 Å². The summed E-state index contributed by atoms with van der Waals surface area (Å²) in [5.41, 5.74) is 0.695. The maximum absolute atomic E-state index is 14.9. The van der Waals surface area contributed by atoms with Gasteiger partial charge >= 0.3 is 0 Å². The lowest BCUT2D eigenvalue weighted by Crippen LogP contribution is -2.36. The minimum absolute atomic E-state index is 0.0181. The van der Waals surface area contributed by atoms with E-state index >= 15 is 0 Å². The van der Waals surface area contributed by atoms with Crippen LogP contribution in [-0.2, 0) is 16.1 Å². The summed E-state index contributed by atoms with van der Waals surface area (Å²) in [5.74, 6) is -0.702. The van der Waals surface area contributed by atoms with Gasteiger partial charge < -0.3 is 24.2 Å². The number of nitrogens with zero attached hydrogens (tertiary/aromatic N) is 4. The van der Waals surface area contributed by atoms with Gasteiger partial charge in [0.1, 0.15) is 18.1 Å². The number of amides is 3. The van der Waals surface area contributed by atoms with E-state index in [2.05, 4.69) is 4.98 Å². The second kappa shape index (κ2) is 9.05. The van der Waals surface area contributed by atoms with Gasteiger partial charge in [0.2, 0.25) is 11.8 Å². The fourth-order valence-corrected chi connectivity index (χ4v) is 3.85. The highest BCUT2D eigenvalue weighted by molar-refractivity contribution is 6.03. The number of halogens is 1. The molecule has 0 aliphatic carbocycles. The van der Waals surface area contributed by atoms with Gasteiger partial charge in [0, 0.05) is 49.9 Å². The molecule has 4 rings (SSSR count). The first-order valence-electron chi connectivity index (χ1n) is 10.7. The summed E-state index contributed by atoms with van der Waals surface area (Å²) in [7, 11) is 3.19. The molecule has 3 heterocycles. The van der Waals surface area contributed by atoms with E-state index in [0.717, 1.165) is 0 Å². The van der Waals surface area contributed by atoms with E-state index in [0.29, 0.717) is 36.9 Å². The molecule has 3 amide bonds. The number of ether oxygens (including phenoxy) is 2. The molecule has 0 saturated carbocycles. The van der Waals surface area contributed by atoms with Gasteiger partial charge in [-0.1, -0.05) is 0 Å². The fraction of sp³-hybridized carbons (Fsp3) is 0.391. The molecule has 1 aromatic carbocycles. The van der Waals surface area contributed by atoms with Crippen LogP contribution in [0, 0.1) is 5.82 Å². The Bertz CT molecular complexity index is 1090. The van der Waals surface area contributed by atoms with E-state index in [1.54, 1.807) is 26.2 Å². The number of rotatable bonds is 7. The van der Waals surface area contributed by atoms with Crippen LogP contribution in [-0.4, -0.2) is 72.4 Å². The maximum Gasteiger partial charge on any atom is 0.268 e. The molecule has 2 aliphatic heterocycles. The zero-order valence-electron chi connectivity index (χ0n) is 18.7. The molecule has 0 bridgehead atoms. The average molecular weight is 456 g/mol. The van der Waals surface area contributed by atoms with Crippen molar-refractivity contribution in [2.75, 3.05) is 38.7 Å². The van der Waals surface area contributed by atoms with E-state index in [1.165, 1.54) is 33.0 Å². The number of fused-ring (bicyclic) bond motifs is 1. The summed E-state index contributed by atoms with van der Waals surface area (Å²) in [6.07, 6.45) is 1.14. The summed E-state index contributed by atoms with van der Waals surface area (Å²) in [5, 5.41) is 0. The molecule has 0 N–H and O–H groups in total. The lowest BCUT2D eigenvalue weighted by Gasteiger charge is -2.18. The van der Waals surface area contributed by atoms with Crippen molar-refractivity contribution in [2.45, 2.75) is 26.0 Å². The largest absolute Gasteiger partial charge is 0.479 e. The molecule has 1 atom stereocenters. The molecule has 1 fully saturated rings. The molecule has 0 spiro atoms. The van der Waals surface area contributed by atoms with Gasteiger partial charge in [-0.3, -0.25) is 14.4 Å². The highest BCUT2D eigenvalue weighted by Gasteiger charge is 2.37. The predicted molar refractivity (Wildman–Crippen MR) is 117 cm³/mol. The van der Waals surface area contributed by atoms with Gasteiger partial charge in [-0.25, -0.2) is 9.37 Å². The van der Waals surface area contributed by atoms with Crippen LogP contribution in [0.4, 0.5) is 10.1 Å². The Morgan fingerprint density at radius 2 is 2.06 bits per heavy atom. The quantitative estimate of drug-likeness (QED) is 0.632. The molecule has 33 heavy (non-hydrogen) atoms. The zero-order valence-corrected chi connectivity index (χ0v) is 18.7. The van der Waals surface area contributed by atoms with Gasteiger partial charge in [0.05, 0.1) is 19.3 Å². The summed E-state index contributed by atoms with van der Waals surface area (Å²) >= 11 is 0. The Balaban J connectivity index is 1.48. The lowest BCUT2D eigenvalue weighted by atomic mass is 10.1. The van der Waals surface area contributed by atoms with E-state index in [9.17, 15) is 18.8 Å². The first-order valence-corrected chi connectivity index (χ1v) is 10.7. The normalized spacial score (nSPS) is 17.4. The summed E-state index contributed by atoms with van der Waals surface area (Å²) < 4.78 is 25.9. The molecule has 1 saturated heterocycles. The third-order valence-corrected chi connectivity index (χ3v) is 5.62. The van der Waals surface area contributed by atoms with Gasteiger partial charge in [0.15, 0.2) is 6.10 Å². The van der Waals surface area contributed by atoms with Crippen molar-refractivity contribution >= 4 is 23.4 Å². The number of carbonyl (C=O) groups excluding carboxylic acids is 3. The summed E-state index contributed by atoms with van der Waals surface area (Å²) in [4.78, 5) is 45.9. The van der Waals surface area contributed by atoms with E-state index in [4.69, 9.17) is 9.47 Å². The molecule has 10 heteroatoms. The molecule has 0 radical (unpaired) electrons. The van der Waals surface area contributed by atoms with Crippen molar-refractivity contribution < 1.29 is 28.2 Å². The van der Waals surface area contributed by atoms with E-state index in [-0.39, 0.29) is 36.0 Å². The number of aromatic nitrogens is 1. The second-order valence-electron chi connectivity index (χ2n) is 8.05. The molecule has 2 aliphatic rings. The number of benzene rings is 1. The standard InChI is InChI=1S/C23H25FN4O5/c1-4-32-20-6-5-15(11-25-20)33-19-7-8-28(23(19)31)14-9-16-17(18(24)10-14)12-27(22(16)30)13-21(29)26(2)3/h5-6,9-11,19H,4,7-8,12-13H2,1-3H3/t19-/m1/s1. The van der Waals surface area contributed by atoms with Crippen LogP contribution >= 0.6 is 0 Å². The summed E-state index contributed by atoms with van der Waals surface area (Å²) in [6.45, 7) is 2.55. The highest BCUT2D eigenvalue weighted by Crippen LogP contribution is 2.32. The Hall–Kier alpha value is -3.69. The van der Waals surface area contributed by atoms with Gasteiger partial charge in [0.25, 0.3) is 11.8 Å². The van der Waals surface area contributed by atoms with Crippen molar-refractivity contribution in [3.8, 4) is 11.6 Å². The maximum atomic E-state index is 14.9. The first kappa shape index (κ1) is 22.5. The molecule has 1 aromatic heterocycles. The van der Waals surface area contributed by atoms with Crippen LogP contribution in [0.25, 0.3) is 0 Å². The lowest BCUT2D eigenvalue weighted by molar-refractivity contribution is -0.129. The minimum atomic E-state index is -0.744. The SMILES string of the molecule is CCOc1ccc(O[C@@H]2CCN(c3cc(F)c4c(c3)C(=O)N(CC(=O)N(C)C)C4)C2=O)cn1. The van der Waals surface area contributed by atoms with Crippen LogP contribution in [0.1, 0.15) is 29.3 Å². The number of pyridine rings is 1. The van der Waals surface area contributed by atoms with Crippen LogP contribution < -0.4 is 14.4 Å². The Morgan fingerprint density at radius 1 is 1.27 bits per heavy atom. The second-order valence-corrected chi connectivity index (χ2v) is 8.05. The van der Waals surface area contributed by atoms with E-state index in [1.807, 2.05) is 6.92 Å². The average Bonchev–Trinajstić information content (AvgIpc) is 3.30. The molecule has 2 aromatic rings. The molecule has 9 nitrogen and oxygen atoms in total. The topological polar surface area (TPSA) is 92.3 Å². The summed E-state index contributed by atoms with van der Waals surface area (Å²) in [6, 6.07) is 6.09. The zero-order chi connectivity index (χ0) is 23.7. The van der Waals surface area contributed by atoms with Gasteiger partial charge in [-0.15, -0.1) is 0 Å². The smallest absolute Gasteiger partial charge is 0.268 e. The molecular weight excluding hydrogens is 431 g/mol.